The second-order valence-electron chi connectivity index (χ2n) is 26.3. The number of anilines is 1. The number of carbonyl (C=O) groups is 3. The van der Waals surface area contributed by atoms with Crippen LogP contribution in [-0.2, 0) is 46.4 Å². The molecule has 5 N–H and O–H groups in total. The molecule has 1 aliphatic carbocycles. The molecule has 85 heavy (non-hydrogen) atoms. The number of rotatable bonds is 24. The van der Waals surface area contributed by atoms with Crippen molar-refractivity contribution in [3.8, 4) is 22.5 Å². The molecule has 1 spiro atoms. The summed E-state index contributed by atoms with van der Waals surface area (Å²) in [5, 5.41) is 19.2. The number of amides is 3. The van der Waals surface area contributed by atoms with Gasteiger partial charge in [0.05, 0.1) is 73.1 Å². The van der Waals surface area contributed by atoms with Crippen molar-refractivity contribution < 1.29 is 54.8 Å². The molecule has 6 aliphatic rings. The minimum atomic E-state index is -4.63. The fraction of sp³-hybridized carbons (Fsp3) is 0.694. The first kappa shape index (κ1) is 64.6. The third kappa shape index (κ3) is 15.5. The molecule has 1 aromatic carbocycles. The van der Waals surface area contributed by atoms with Crippen LogP contribution in [0.15, 0.2) is 35.8 Å². The molecular formula is C62H96F3N11O8S. The highest BCUT2D eigenvalue weighted by Gasteiger charge is 2.51. The Hall–Kier alpha value is -4.82. The molecule has 0 bridgehead atoms. The van der Waals surface area contributed by atoms with E-state index >= 15 is 18.0 Å². The molecule has 474 valence electrons. The normalized spacial score (nSPS) is 23.2. The number of thiazole rings is 1. The van der Waals surface area contributed by atoms with Gasteiger partial charge in [-0.05, 0) is 101 Å². The number of hydrogen-bond donors (Lipinski definition) is 4. The van der Waals surface area contributed by atoms with Crippen LogP contribution in [-0.4, -0.2) is 200 Å². The summed E-state index contributed by atoms with van der Waals surface area (Å²) < 4.78 is 63.8. The van der Waals surface area contributed by atoms with E-state index < -0.39 is 42.4 Å². The van der Waals surface area contributed by atoms with Gasteiger partial charge >= 0.3 is 6.18 Å². The zero-order valence-corrected chi connectivity index (χ0v) is 52.3. The molecule has 8 heterocycles. The highest BCUT2D eigenvalue weighted by Crippen LogP contribution is 2.46. The molecule has 6 fully saturated rings. The minimum absolute atomic E-state index is 0. The largest absolute Gasteiger partial charge is 0.406 e. The van der Waals surface area contributed by atoms with Crippen LogP contribution in [0.2, 0.25) is 0 Å². The van der Waals surface area contributed by atoms with Gasteiger partial charge < -0.3 is 44.9 Å². The first-order chi connectivity index (χ1) is 40.4. The number of alkyl halides is 3. The first-order valence-electron chi connectivity index (χ1n) is 30.6. The van der Waals surface area contributed by atoms with E-state index in [1.165, 1.54) is 35.9 Å². The summed E-state index contributed by atoms with van der Waals surface area (Å²) in [5.74, 6) is 0.514. The Morgan fingerprint density at radius 2 is 1.69 bits per heavy atom. The van der Waals surface area contributed by atoms with Crippen LogP contribution < -0.4 is 21.3 Å². The number of halogens is 3. The quantitative estimate of drug-likeness (QED) is 0.0226. The van der Waals surface area contributed by atoms with Crippen molar-refractivity contribution in [2.75, 3.05) is 111 Å². The van der Waals surface area contributed by atoms with Gasteiger partial charge in [0, 0.05) is 115 Å². The summed E-state index contributed by atoms with van der Waals surface area (Å²) in [6.07, 6.45) is 2.62. The number of carbonyl (C=O) groups excluding carboxylic acids is 3. The standard InChI is InChI=1S/C58H84F3N11O8S.C4H8.2H2/c1-35(2)49(69-17-14-57(31-69)15-18-70(32-57)55(75)46-29-67(46)7)53(74)66-48(52(73)63-16-10-11-36(3)62)51(71-27-40(28-71)78-9)54-65-44(30-81-54)38-12-13-45-41(23-38)43(25-56(5,6)34-80-76)50(72(45)33-58(59,60)61)42-24-39(68-19-21-79-22-20-68)26-64-47(42)37(4)77-8;1-4-2-3-4;;/h12-13,23-24,26,30,35-37,40,46,48-49,51,76H,10-11,14-22,25,27-29,31-34,62H2,1-9H3,(H,63,73)(H,66,74);4H,2-3H2,1H3;2*1H/t36-,37+,46-,48+,49+,51+,57+,67?;;;/m1.../s1. The third-order valence-corrected chi connectivity index (χ3v) is 19.0. The number of morpholine rings is 1. The number of fused-ring (bicyclic) bond motifs is 1. The van der Waals surface area contributed by atoms with Crippen molar-refractivity contribution in [2.45, 2.75) is 149 Å². The molecule has 1 unspecified atom stereocenters. The summed E-state index contributed by atoms with van der Waals surface area (Å²) in [6.45, 7) is 19.4. The highest BCUT2D eigenvalue weighted by atomic mass is 32.1. The van der Waals surface area contributed by atoms with Gasteiger partial charge in [-0.2, -0.15) is 13.2 Å². The number of hydrogen-bond acceptors (Lipinski definition) is 16. The summed E-state index contributed by atoms with van der Waals surface area (Å²) in [7, 11) is 5.15. The summed E-state index contributed by atoms with van der Waals surface area (Å²) in [6, 6.07) is 4.75. The fourth-order valence-electron chi connectivity index (χ4n) is 12.8. The summed E-state index contributed by atoms with van der Waals surface area (Å²) in [4.78, 5) is 68.7. The van der Waals surface area contributed by atoms with Crippen LogP contribution in [0.4, 0.5) is 18.9 Å². The van der Waals surface area contributed by atoms with Gasteiger partial charge in [0.1, 0.15) is 23.6 Å². The van der Waals surface area contributed by atoms with Crippen LogP contribution >= 0.6 is 11.3 Å². The number of aromatic nitrogens is 3. The molecule has 4 aromatic rings. The van der Waals surface area contributed by atoms with Gasteiger partial charge in [-0.15, -0.1) is 11.3 Å². The smallest absolute Gasteiger partial charge is 0.379 e. The molecule has 5 aliphatic heterocycles. The zero-order valence-electron chi connectivity index (χ0n) is 51.5. The number of likely N-dealkylation sites (tertiary alicyclic amines) is 3. The molecule has 5 saturated heterocycles. The number of benzene rings is 1. The Morgan fingerprint density at radius 3 is 2.32 bits per heavy atom. The Kier molecular flexibility index (Phi) is 20.8. The Morgan fingerprint density at radius 1 is 0.988 bits per heavy atom. The van der Waals surface area contributed by atoms with Gasteiger partial charge in [-0.1, -0.05) is 53.5 Å². The van der Waals surface area contributed by atoms with E-state index in [0.717, 1.165) is 31.0 Å². The number of nitrogens with two attached hydrogens (primary N) is 1. The predicted octanol–water partition coefficient (Wildman–Crippen LogP) is 8.26. The third-order valence-electron chi connectivity index (χ3n) is 18.1. The molecule has 23 heteroatoms. The molecule has 10 rings (SSSR count). The van der Waals surface area contributed by atoms with Gasteiger partial charge in [0.15, 0.2) is 0 Å². The van der Waals surface area contributed by atoms with E-state index in [0.29, 0.717) is 135 Å². The monoisotopic (exact) mass is 1210 g/mol. The maximum atomic E-state index is 15.1. The van der Waals surface area contributed by atoms with Crippen LogP contribution in [0.5, 0.6) is 0 Å². The molecule has 8 atom stereocenters. The van der Waals surface area contributed by atoms with Crippen molar-refractivity contribution in [3.63, 3.8) is 0 Å². The number of pyridine rings is 1. The number of methoxy groups -OCH3 is 2. The van der Waals surface area contributed by atoms with E-state index in [1.807, 2.05) is 75.9 Å². The van der Waals surface area contributed by atoms with Crippen LogP contribution in [0, 0.1) is 22.7 Å². The van der Waals surface area contributed by atoms with Crippen molar-refractivity contribution in [3.05, 3.63) is 52.1 Å². The lowest BCUT2D eigenvalue weighted by Crippen LogP contribution is -2.63. The minimum Gasteiger partial charge on any atom is -0.379 e. The van der Waals surface area contributed by atoms with Crippen molar-refractivity contribution in [2.24, 2.45) is 28.4 Å². The topological polar surface area (TPSA) is 205 Å². The summed E-state index contributed by atoms with van der Waals surface area (Å²) >= 11 is 1.35. The van der Waals surface area contributed by atoms with Crippen molar-refractivity contribution in [1.82, 2.24) is 44.8 Å². The molecule has 1 saturated carbocycles. The van der Waals surface area contributed by atoms with Crippen LogP contribution in [0.25, 0.3) is 33.4 Å². The van der Waals surface area contributed by atoms with E-state index in [2.05, 4.69) is 32.3 Å². The summed E-state index contributed by atoms with van der Waals surface area (Å²) in [5.41, 5.74) is 9.33. The molecule has 0 radical (unpaired) electrons. The Balaban J connectivity index is 0.00000173. The molecular weight excluding hydrogens is 1120 g/mol. The second kappa shape index (κ2) is 27.3. The first-order valence-corrected chi connectivity index (χ1v) is 31.4. The lowest BCUT2D eigenvalue weighted by Gasteiger charge is -2.45. The van der Waals surface area contributed by atoms with Gasteiger partial charge in [0.2, 0.25) is 17.7 Å². The van der Waals surface area contributed by atoms with E-state index in [4.69, 9.17) is 34.8 Å². The highest BCUT2D eigenvalue weighted by molar-refractivity contribution is 7.10. The average molecular weight is 1210 g/mol. The predicted molar refractivity (Wildman–Crippen MR) is 327 cm³/mol. The molecule has 19 nitrogen and oxygen atoms in total. The van der Waals surface area contributed by atoms with E-state index in [-0.39, 0.29) is 63.1 Å². The molecule has 3 aromatic heterocycles. The van der Waals surface area contributed by atoms with E-state index in [9.17, 15) is 14.8 Å². The Bertz CT molecular complexity index is 2960. The van der Waals surface area contributed by atoms with Gasteiger partial charge in [-0.3, -0.25) is 39.3 Å². The zero-order chi connectivity index (χ0) is 61.1. The number of nitrogens with zero attached hydrogens (tertiary/aromatic N) is 8. The second-order valence-corrected chi connectivity index (χ2v) is 27.1. The van der Waals surface area contributed by atoms with Crippen LogP contribution in [0.1, 0.15) is 118 Å². The Labute approximate surface area is 506 Å². The maximum Gasteiger partial charge on any atom is 0.406 e. The molecule has 3 amide bonds. The average Bonchev–Trinajstić information content (AvgIpc) is 1.88. The number of ether oxygens (including phenoxy) is 3. The van der Waals surface area contributed by atoms with Gasteiger partial charge in [0.25, 0.3) is 0 Å². The number of likely N-dealkylation sites (N-methyl/N-ethyl adjacent to an activating group) is 1. The number of nitrogens with one attached hydrogen (secondary N) is 2. The fourth-order valence-corrected chi connectivity index (χ4v) is 13.8. The van der Waals surface area contributed by atoms with Gasteiger partial charge in [-0.25, -0.2) is 9.87 Å². The SMILES string of the molecule is CC1CC1.COC1CN([C@H](c2nc(-c3ccc4c(c3)c(CC(C)(C)COO)c(-c3cc(N5CCOCC5)cnc3[C@H](C)OC)n4CC(F)(F)F)cs2)[C@H](NC(=O)[C@H](C(C)C)N2CC[C@]3(CCN(C(=O)[C@H]4CN4C)C3)C2)C(=O)NCCC[C@@H](C)N)C1.[HH].[HH]. The lowest BCUT2D eigenvalue weighted by atomic mass is 9.84. The lowest BCUT2D eigenvalue weighted by molar-refractivity contribution is -0.259. The van der Waals surface area contributed by atoms with E-state index in [1.54, 1.807) is 25.4 Å². The maximum absolute atomic E-state index is 15.1. The van der Waals surface area contributed by atoms with Crippen LogP contribution in [0.3, 0.4) is 0 Å². The van der Waals surface area contributed by atoms with Crippen molar-refractivity contribution >= 4 is 45.6 Å². The van der Waals surface area contributed by atoms with Crippen molar-refractivity contribution in [1.29, 1.82) is 0 Å².